The summed E-state index contributed by atoms with van der Waals surface area (Å²) >= 11 is 0. The number of carbonyl (C=O) groups excluding carboxylic acids is 1. The van der Waals surface area contributed by atoms with Gasteiger partial charge in [-0.3, -0.25) is 10.2 Å². The molecule has 0 heterocycles. The van der Waals surface area contributed by atoms with Gasteiger partial charge in [-0.15, -0.1) is 0 Å². The van der Waals surface area contributed by atoms with Crippen molar-refractivity contribution >= 4 is 12.1 Å². The molecule has 1 amide bonds. The zero-order valence-corrected chi connectivity index (χ0v) is 11.2. The number of aliphatic carboxylic acids is 1. The highest BCUT2D eigenvalue weighted by Crippen LogP contribution is 2.06. The molecule has 18 heavy (non-hydrogen) atoms. The molecule has 0 bridgehead atoms. The Morgan fingerprint density at radius 3 is 2.39 bits per heavy atom. The molecule has 0 aromatic carbocycles. The van der Waals surface area contributed by atoms with Gasteiger partial charge in [0.15, 0.2) is 0 Å². The number of amides is 1. The van der Waals surface area contributed by atoms with E-state index in [0.717, 1.165) is 6.42 Å². The van der Waals surface area contributed by atoms with Crippen LogP contribution in [0.2, 0.25) is 0 Å². The molecule has 106 valence electrons. The Balaban J connectivity index is 4.03. The molecule has 0 rings (SSSR count). The van der Waals surface area contributed by atoms with Gasteiger partial charge in [-0.1, -0.05) is 0 Å². The quantitative estimate of drug-likeness (QED) is 0.394. The number of hydrogen-bond donors (Lipinski definition) is 4. The minimum atomic E-state index is -1.02. The molecule has 0 saturated heterocycles. The van der Waals surface area contributed by atoms with E-state index in [-0.39, 0.29) is 0 Å². The largest absolute Gasteiger partial charge is 0.480 e. The van der Waals surface area contributed by atoms with Crippen molar-refractivity contribution in [1.29, 1.82) is 0 Å². The van der Waals surface area contributed by atoms with E-state index in [4.69, 9.17) is 15.6 Å². The molecular formula is C11H23N3O4. The second kappa shape index (κ2) is 7.88. The maximum atomic E-state index is 11.3. The van der Waals surface area contributed by atoms with Gasteiger partial charge in [-0.05, 0) is 46.6 Å². The van der Waals surface area contributed by atoms with Crippen LogP contribution in [0.15, 0.2) is 0 Å². The molecule has 1 atom stereocenters. The molecule has 0 fully saturated rings. The van der Waals surface area contributed by atoms with Crippen LogP contribution in [0.1, 0.15) is 40.0 Å². The Kier molecular flexibility index (Phi) is 7.30. The highest BCUT2D eigenvalue weighted by molar-refractivity contribution is 5.74. The first kappa shape index (κ1) is 16.7. The van der Waals surface area contributed by atoms with Crippen LogP contribution in [-0.2, 0) is 9.53 Å². The predicted octanol–water partition coefficient (Wildman–Crippen LogP) is 0.598. The lowest BCUT2D eigenvalue weighted by molar-refractivity contribution is -0.139. The van der Waals surface area contributed by atoms with Crippen molar-refractivity contribution in [2.24, 2.45) is 5.73 Å². The van der Waals surface area contributed by atoms with Gasteiger partial charge < -0.3 is 15.6 Å². The summed E-state index contributed by atoms with van der Waals surface area (Å²) in [5, 5.41) is 8.93. The summed E-state index contributed by atoms with van der Waals surface area (Å²) in [4.78, 5) is 22.2. The number of carboxylic acid groups (broad SMARTS) is 1. The normalized spacial score (nSPS) is 12.9. The van der Waals surface area contributed by atoms with Crippen molar-refractivity contribution in [2.75, 3.05) is 6.54 Å². The molecule has 0 aliphatic heterocycles. The molecule has 0 aliphatic carbocycles. The number of rotatable bonds is 7. The maximum Gasteiger partial charge on any atom is 0.422 e. The number of hydrogen-bond acceptors (Lipinski definition) is 5. The smallest absolute Gasteiger partial charge is 0.422 e. The summed E-state index contributed by atoms with van der Waals surface area (Å²) in [7, 11) is 0. The average molecular weight is 261 g/mol. The standard InChI is InChI=1S/C11H23N3O4/c1-11(2,3)18-10(17)14-13-8(9(15)16)6-4-5-7-12/h8,13H,4-7,12H2,1-3H3,(H,14,17)(H,15,16)/t8-/m0/s1. The SMILES string of the molecule is CC(C)(C)OC(=O)NN[C@@H](CCCCN)C(=O)O. The van der Waals surface area contributed by atoms with Gasteiger partial charge in [0.25, 0.3) is 0 Å². The van der Waals surface area contributed by atoms with Crippen molar-refractivity contribution in [3.05, 3.63) is 0 Å². The Morgan fingerprint density at radius 1 is 1.33 bits per heavy atom. The lowest BCUT2D eigenvalue weighted by Gasteiger charge is -2.21. The molecule has 0 aromatic rings. The topological polar surface area (TPSA) is 114 Å². The molecule has 0 spiro atoms. The molecule has 5 N–H and O–H groups in total. The zero-order valence-electron chi connectivity index (χ0n) is 11.2. The summed E-state index contributed by atoms with van der Waals surface area (Å²) in [5.41, 5.74) is 9.36. The summed E-state index contributed by atoms with van der Waals surface area (Å²) in [5.74, 6) is -1.02. The number of carbonyl (C=O) groups is 2. The van der Waals surface area contributed by atoms with E-state index in [1.807, 2.05) is 0 Å². The third kappa shape index (κ3) is 8.77. The molecule has 7 nitrogen and oxygen atoms in total. The Hall–Kier alpha value is -1.34. The van der Waals surface area contributed by atoms with E-state index >= 15 is 0 Å². The number of unbranched alkanes of at least 4 members (excludes halogenated alkanes) is 1. The Labute approximate surface area is 107 Å². The van der Waals surface area contributed by atoms with Gasteiger partial charge in [-0.25, -0.2) is 10.2 Å². The van der Waals surface area contributed by atoms with Gasteiger partial charge >= 0.3 is 12.1 Å². The number of nitrogens with two attached hydrogens (primary N) is 1. The Bertz CT molecular complexity index is 276. The van der Waals surface area contributed by atoms with Crippen LogP contribution in [0.5, 0.6) is 0 Å². The van der Waals surface area contributed by atoms with E-state index in [9.17, 15) is 9.59 Å². The van der Waals surface area contributed by atoms with Crippen LogP contribution in [0.3, 0.4) is 0 Å². The molecule has 0 aromatic heterocycles. The number of carboxylic acids is 1. The second-order valence-corrected chi connectivity index (χ2v) is 4.95. The fourth-order valence-corrected chi connectivity index (χ4v) is 1.20. The fourth-order valence-electron chi connectivity index (χ4n) is 1.20. The summed E-state index contributed by atoms with van der Waals surface area (Å²) < 4.78 is 4.97. The van der Waals surface area contributed by atoms with Crippen molar-refractivity contribution in [3.63, 3.8) is 0 Å². The third-order valence-electron chi connectivity index (χ3n) is 1.99. The molecular weight excluding hydrogens is 238 g/mol. The van der Waals surface area contributed by atoms with Crippen molar-refractivity contribution in [3.8, 4) is 0 Å². The molecule has 0 saturated carbocycles. The summed E-state index contributed by atoms with van der Waals surface area (Å²) in [6, 6.07) is -0.843. The van der Waals surface area contributed by atoms with Crippen LogP contribution in [0.4, 0.5) is 4.79 Å². The van der Waals surface area contributed by atoms with Crippen LogP contribution >= 0.6 is 0 Å². The van der Waals surface area contributed by atoms with E-state index in [2.05, 4.69) is 10.9 Å². The Morgan fingerprint density at radius 2 is 1.94 bits per heavy atom. The van der Waals surface area contributed by atoms with E-state index in [0.29, 0.717) is 19.4 Å². The highest BCUT2D eigenvalue weighted by Gasteiger charge is 2.20. The minimum absolute atomic E-state index is 0.391. The van der Waals surface area contributed by atoms with Gasteiger partial charge in [0, 0.05) is 0 Å². The van der Waals surface area contributed by atoms with Crippen molar-refractivity contribution in [2.45, 2.75) is 51.7 Å². The summed E-state index contributed by atoms with van der Waals surface area (Å²) in [6.45, 7) is 5.69. The van der Waals surface area contributed by atoms with E-state index in [1.54, 1.807) is 20.8 Å². The van der Waals surface area contributed by atoms with Crippen molar-refractivity contribution in [1.82, 2.24) is 10.9 Å². The van der Waals surface area contributed by atoms with E-state index in [1.165, 1.54) is 0 Å². The van der Waals surface area contributed by atoms with Crippen LogP contribution in [0, 0.1) is 0 Å². The molecule has 0 radical (unpaired) electrons. The summed E-state index contributed by atoms with van der Waals surface area (Å²) in [6.07, 6.45) is 1.11. The zero-order chi connectivity index (χ0) is 14.2. The van der Waals surface area contributed by atoms with Crippen LogP contribution in [0.25, 0.3) is 0 Å². The minimum Gasteiger partial charge on any atom is -0.480 e. The van der Waals surface area contributed by atoms with Crippen LogP contribution < -0.4 is 16.6 Å². The highest BCUT2D eigenvalue weighted by atomic mass is 16.6. The first-order valence-electron chi connectivity index (χ1n) is 5.93. The first-order chi connectivity index (χ1) is 8.26. The van der Waals surface area contributed by atoms with Crippen molar-refractivity contribution < 1.29 is 19.4 Å². The number of nitrogens with one attached hydrogen (secondary N) is 2. The molecule has 7 heteroatoms. The van der Waals surface area contributed by atoms with Gasteiger partial charge in [0.05, 0.1) is 0 Å². The fraction of sp³-hybridized carbons (Fsp3) is 0.818. The molecule has 0 aliphatic rings. The lowest BCUT2D eigenvalue weighted by atomic mass is 10.1. The third-order valence-corrected chi connectivity index (χ3v) is 1.99. The number of hydrazine groups is 1. The first-order valence-corrected chi connectivity index (χ1v) is 5.93. The van der Waals surface area contributed by atoms with E-state index < -0.39 is 23.7 Å². The van der Waals surface area contributed by atoms with Gasteiger partial charge in [-0.2, -0.15) is 0 Å². The monoisotopic (exact) mass is 261 g/mol. The maximum absolute atomic E-state index is 11.3. The average Bonchev–Trinajstić information content (AvgIpc) is 2.20. The second-order valence-electron chi connectivity index (χ2n) is 4.95. The van der Waals surface area contributed by atoms with Gasteiger partial charge in [0.2, 0.25) is 0 Å². The predicted molar refractivity (Wildman–Crippen MR) is 66.8 cm³/mol. The van der Waals surface area contributed by atoms with Gasteiger partial charge in [0.1, 0.15) is 11.6 Å². The molecule has 0 unspecified atom stereocenters. The number of ether oxygens (including phenoxy) is 1. The lowest BCUT2D eigenvalue weighted by Crippen LogP contribution is -2.49. The van der Waals surface area contributed by atoms with Crippen LogP contribution in [-0.4, -0.2) is 35.4 Å².